The standard InChI is InChI=1S/C34H56N2O29/c37-3-11(45)19(48)26-17(35-15(46)7-41)9(43)1-33(63-26,31(55)56)62-13(5-39)21(50)27-18(36-16(47)8-42)10(44)2-34(64-27,32(57)58)65-28-20(49)12(4-38)60-30(24(28)53)61-25-14(6-40)59-29(54)23(52)22(25)51/h9-14,17-30,37-45,48-54H,1-8H2,(H,35,46)(H,36,47)(H,55,56)(H,57,58)/t9-,10-,11+,12+,13+,14+,17+,18+,19+,20-,21+,22+,23+,24+,25+,26+,27+,28-,29-,30-,33+,34-/m0/s1. The average Bonchev–Trinajstić information content (AvgIpc) is 3.27. The SMILES string of the molecule is O=C(CO)N[C@H]1[C@H]([C@H](O)[C@H](O)CO)O[C@@](O[C@H](CO)[C@@H](O)[C@@H]2O[C@@](O[C@H]3[C@@H](O)[C@@H](CO)O[C@@H](O[C@H]4[C@H](O)[C@@H](O)[C@@H](O)O[C@@H]4CO)[C@@H]3O)(C(=O)O)C[C@H](O)[C@H]2NC(=O)CO)(C(=O)O)C[C@@H]1O. The van der Waals surface area contributed by atoms with E-state index < -0.39 is 210 Å². The van der Waals surface area contributed by atoms with Crippen LogP contribution in [0.3, 0.4) is 0 Å². The van der Waals surface area contributed by atoms with Crippen LogP contribution in [-0.2, 0) is 52.3 Å². The number of aliphatic hydroxyl groups is 16. The van der Waals surface area contributed by atoms with Gasteiger partial charge in [0.05, 0.1) is 50.7 Å². The monoisotopic (exact) mass is 956 g/mol. The number of rotatable bonds is 20. The molecule has 20 N–H and O–H groups in total. The third-order valence-electron chi connectivity index (χ3n) is 11.2. The van der Waals surface area contributed by atoms with Gasteiger partial charge in [0.2, 0.25) is 11.8 Å². The highest BCUT2D eigenvalue weighted by Gasteiger charge is 2.62. The predicted molar refractivity (Wildman–Crippen MR) is 194 cm³/mol. The molecule has 4 rings (SSSR count). The minimum absolute atomic E-state index is 0.983. The van der Waals surface area contributed by atoms with E-state index in [2.05, 4.69) is 0 Å². The third kappa shape index (κ3) is 11.6. The molecular weight excluding hydrogens is 900 g/mol. The Morgan fingerprint density at radius 2 is 1.12 bits per heavy atom. The van der Waals surface area contributed by atoms with E-state index in [4.69, 9.17) is 33.2 Å². The fourth-order valence-electron chi connectivity index (χ4n) is 7.75. The zero-order valence-corrected chi connectivity index (χ0v) is 33.7. The molecule has 22 atom stereocenters. The minimum atomic E-state index is -3.42. The van der Waals surface area contributed by atoms with Gasteiger partial charge in [-0.15, -0.1) is 0 Å². The Labute approximate surface area is 365 Å². The van der Waals surface area contributed by atoms with Crippen molar-refractivity contribution in [2.24, 2.45) is 0 Å². The number of hydrogen-bond donors (Lipinski definition) is 20. The second kappa shape index (κ2) is 22.8. The van der Waals surface area contributed by atoms with Gasteiger partial charge in [-0.1, -0.05) is 0 Å². The number of nitrogens with one attached hydrogen (secondary N) is 2. The normalized spacial score (nSPS) is 42.0. The maximum atomic E-state index is 13.2. The van der Waals surface area contributed by atoms with Crippen LogP contribution in [0.4, 0.5) is 0 Å². The van der Waals surface area contributed by atoms with Crippen molar-refractivity contribution in [1.82, 2.24) is 10.6 Å². The van der Waals surface area contributed by atoms with Gasteiger partial charge in [-0.05, 0) is 0 Å². The van der Waals surface area contributed by atoms with Crippen LogP contribution in [0.25, 0.3) is 0 Å². The summed E-state index contributed by atoms with van der Waals surface area (Å²) in [5, 5.41) is 192. The third-order valence-corrected chi connectivity index (χ3v) is 11.2. The Kier molecular flexibility index (Phi) is 19.2. The first-order chi connectivity index (χ1) is 30.5. The van der Waals surface area contributed by atoms with Crippen LogP contribution in [-0.4, -0.2) is 289 Å². The average molecular weight is 957 g/mol. The predicted octanol–water partition coefficient (Wildman–Crippen LogP) is -13.1. The quantitative estimate of drug-likeness (QED) is 0.0539. The second-order valence-corrected chi connectivity index (χ2v) is 15.5. The second-order valence-electron chi connectivity index (χ2n) is 15.5. The molecule has 4 saturated heterocycles. The maximum Gasteiger partial charge on any atom is 0.364 e. The Hall–Kier alpha value is -3.04. The summed E-state index contributed by atoms with van der Waals surface area (Å²) in [5.74, 6) is -13.7. The van der Waals surface area contributed by atoms with Gasteiger partial charge in [0.15, 0.2) is 12.6 Å². The number of aliphatic carboxylic acids is 2. The number of hydrogen-bond acceptors (Lipinski definition) is 27. The van der Waals surface area contributed by atoms with Gasteiger partial charge in [-0.2, -0.15) is 0 Å². The van der Waals surface area contributed by atoms with Gasteiger partial charge in [0.25, 0.3) is 11.6 Å². The number of aliphatic hydroxyl groups excluding tert-OH is 16. The van der Waals surface area contributed by atoms with Gasteiger partial charge in [-0.25, -0.2) is 9.59 Å². The van der Waals surface area contributed by atoms with E-state index in [0.29, 0.717) is 0 Å². The molecule has 0 aliphatic carbocycles. The number of carbonyl (C=O) groups excluding carboxylic acids is 2. The molecule has 4 aliphatic heterocycles. The summed E-state index contributed by atoms with van der Waals surface area (Å²) < 4.78 is 38.2. The molecule has 0 unspecified atom stereocenters. The number of amides is 2. The molecule has 0 aromatic carbocycles. The summed E-state index contributed by atoms with van der Waals surface area (Å²) in [6, 6.07) is -3.93. The van der Waals surface area contributed by atoms with E-state index in [1.54, 1.807) is 0 Å². The highest BCUT2D eigenvalue weighted by molar-refractivity contribution is 5.79. The summed E-state index contributed by atoms with van der Waals surface area (Å²) in [6.45, 7) is -7.36. The molecule has 0 aromatic heterocycles. The topological polar surface area (TPSA) is 521 Å². The largest absolute Gasteiger partial charge is 0.477 e. The first-order valence-electron chi connectivity index (χ1n) is 19.7. The van der Waals surface area contributed by atoms with E-state index in [9.17, 15) is 111 Å². The molecule has 0 spiro atoms. The maximum absolute atomic E-state index is 13.2. The first-order valence-corrected chi connectivity index (χ1v) is 19.7. The molecular formula is C34H56N2O29. The van der Waals surface area contributed by atoms with Gasteiger partial charge < -0.3 is 136 Å². The molecule has 0 bridgehead atoms. The summed E-state index contributed by atoms with van der Waals surface area (Å²) >= 11 is 0. The molecule has 31 heteroatoms. The molecule has 2 amide bonds. The molecule has 31 nitrogen and oxygen atoms in total. The van der Waals surface area contributed by atoms with Crippen molar-refractivity contribution >= 4 is 23.8 Å². The number of carboxylic acids is 2. The highest BCUT2D eigenvalue weighted by atomic mass is 16.8. The molecule has 0 radical (unpaired) electrons. The summed E-state index contributed by atoms with van der Waals surface area (Å²) in [5.41, 5.74) is 0. The lowest BCUT2D eigenvalue weighted by Crippen LogP contribution is -2.72. The summed E-state index contributed by atoms with van der Waals surface area (Å²) in [7, 11) is 0. The van der Waals surface area contributed by atoms with Crippen LogP contribution >= 0.6 is 0 Å². The zero-order chi connectivity index (χ0) is 48.9. The summed E-state index contributed by atoms with van der Waals surface area (Å²) in [6.07, 6.45) is -42.2. The van der Waals surface area contributed by atoms with Crippen molar-refractivity contribution in [2.45, 2.75) is 147 Å². The van der Waals surface area contributed by atoms with Crippen molar-refractivity contribution < 1.29 is 144 Å². The van der Waals surface area contributed by atoms with Gasteiger partial charge in [0, 0.05) is 12.8 Å². The van der Waals surface area contributed by atoms with Crippen molar-refractivity contribution in [3.05, 3.63) is 0 Å². The van der Waals surface area contributed by atoms with Gasteiger partial charge in [0.1, 0.15) is 98.7 Å². The zero-order valence-electron chi connectivity index (χ0n) is 33.7. The molecule has 4 heterocycles. The molecule has 376 valence electrons. The minimum Gasteiger partial charge on any atom is -0.477 e. The van der Waals surface area contributed by atoms with Crippen LogP contribution in [0.2, 0.25) is 0 Å². The fourth-order valence-corrected chi connectivity index (χ4v) is 7.75. The van der Waals surface area contributed by atoms with Crippen LogP contribution in [0, 0.1) is 0 Å². The lowest BCUT2D eigenvalue weighted by atomic mass is 9.87. The van der Waals surface area contributed by atoms with E-state index in [1.165, 1.54) is 0 Å². The van der Waals surface area contributed by atoms with Gasteiger partial charge in [-0.3, -0.25) is 9.59 Å². The van der Waals surface area contributed by atoms with Gasteiger partial charge >= 0.3 is 11.9 Å². The van der Waals surface area contributed by atoms with E-state index in [1.807, 2.05) is 10.6 Å². The Morgan fingerprint density at radius 3 is 1.60 bits per heavy atom. The van der Waals surface area contributed by atoms with Crippen molar-refractivity contribution in [3.63, 3.8) is 0 Å². The fraction of sp³-hybridized carbons (Fsp3) is 0.882. The molecule has 4 aliphatic rings. The summed E-state index contributed by atoms with van der Waals surface area (Å²) in [4.78, 5) is 50.6. The lowest BCUT2D eigenvalue weighted by molar-refractivity contribution is -0.387. The van der Waals surface area contributed by atoms with Crippen LogP contribution in [0.5, 0.6) is 0 Å². The lowest BCUT2D eigenvalue weighted by Gasteiger charge is -2.51. The van der Waals surface area contributed by atoms with E-state index >= 15 is 0 Å². The van der Waals surface area contributed by atoms with Crippen molar-refractivity contribution in [1.29, 1.82) is 0 Å². The molecule has 4 fully saturated rings. The smallest absolute Gasteiger partial charge is 0.364 e. The van der Waals surface area contributed by atoms with Crippen LogP contribution in [0.1, 0.15) is 12.8 Å². The first kappa shape index (κ1) is 54.6. The van der Waals surface area contributed by atoms with E-state index in [-0.39, 0.29) is 0 Å². The number of carboxylic acid groups (broad SMARTS) is 2. The number of ether oxygens (including phenoxy) is 7. The van der Waals surface area contributed by atoms with Crippen LogP contribution in [0.15, 0.2) is 0 Å². The Bertz CT molecular complexity index is 1600. The van der Waals surface area contributed by atoms with Crippen molar-refractivity contribution in [2.75, 3.05) is 39.6 Å². The Morgan fingerprint density at radius 1 is 0.615 bits per heavy atom. The molecule has 65 heavy (non-hydrogen) atoms. The number of carbonyl (C=O) groups is 4. The highest BCUT2D eigenvalue weighted by Crippen LogP contribution is 2.40. The van der Waals surface area contributed by atoms with Crippen molar-refractivity contribution in [3.8, 4) is 0 Å². The van der Waals surface area contributed by atoms with E-state index in [0.717, 1.165) is 0 Å². The molecule has 0 saturated carbocycles. The molecule has 0 aromatic rings. The Balaban J connectivity index is 1.73. The van der Waals surface area contributed by atoms with Crippen LogP contribution < -0.4 is 10.6 Å².